The molecule has 128 valence electrons. The molecule has 0 fully saturated rings. The summed E-state index contributed by atoms with van der Waals surface area (Å²) in [6.45, 7) is 2.71. The summed E-state index contributed by atoms with van der Waals surface area (Å²) in [6.07, 6.45) is 0. The van der Waals surface area contributed by atoms with E-state index >= 15 is 0 Å². The molecule has 25 heavy (non-hydrogen) atoms. The van der Waals surface area contributed by atoms with Crippen LogP contribution < -0.4 is 16.2 Å². The summed E-state index contributed by atoms with van der Waals surface area (Å²) in [5, 5.41) is 17.1. The van der Waals surface area contributed by atoms with Gasteiger partial charge >= 0.3 is 0 Å². The second-order valence-electron chi connectivity index (χ2n) is 5.28. The number of amides is 2. The van der Waals surface area contributed by atoms with Crippen LogP contribution in [0.3, 0.4) is 0 Å². The van der Waals surface area contributed by atoms with Crippen molar-refractivity contribution in [1.82, 2.24) is 20.1 Å². The molecule has 10 heteroatoms. The van der Waals surface area contributed by atoms with Crippen LogP contribution in [0.25, 0.3) is 10.8 Å². The van der Waals surface area contributed by atoms with E-state index in [4.69, 9.17) is 0 Å². The molecule has 2 heterocycles. The average molecular weight is 342 g/mol. The van der Waals surface area contributed by atoms with Crippen molar-refractivity contribution in [2.75, 3.05) is 10.6 Å². The fourth-order valence-electron chi connectivity index (χ4n) is 2.34. The van der Waals surface area contributed by atoms with E-state index in [1.54, 1.807) is 25.1 Å². The van der Waals surface area contributed by atoms with Gasteiger partial charge in [0.05, 0.1) is 11.1 Å². The number of hydrogen-bond acceptors (Lipinski definition) is 7. The van der Waals surface area contributed by atoms with E-state index in [0.717, 1.165) is 10.1 Å². The van der Waals surface area contributed by atoms with Gasteiger partial charge in [0.25, 0.3) is 5.56 Å². The van der Waals surface area contributed by atoms with E-state index in [2.05, 4.69) is 30.7 Å². The van der Waals surface area contributed by atoms with Crippen molar-refractivity contribution in [1.29, 1.82) is 0 Å². The molecule has 3 rings (SSSR count). The first-order valence-electron chi connectivity index (χ1n) is 7.32. The first-order chi connectivity index (χ1) is 12.0. The van der Waals surface area contributed by atoms with Crippen molar-refractivity contribution in [3.8, 4) is 0 Å². The fourth-order valence-corrected chi connectivity index (χ4v) is 2.34. The molecule has 3 aromatic rings. The number of nitrogens with zero attached hydrogens (tertiary/aromatic N) is 4. The van der Waals surface area contributed by atoms with Gasteiger partial charge in [-0.1, -0.05) is 18.2 Å². The quantitative estimate of drug-likeness (QED) is 0.712. The van der Waals surface area contributed by atoms with Gasteiger partial charge in [-0.25, -0.2) is 9.31 Å². The lowest BCUT2D eigenvalue weighted by atomic mass is 10.1. The highest BCUT2D eigenvalue weighted by molar-refractivity contribution is 5.96. The number of benzene rings is 1. The number of aromatic nitrogens is 4. The number of carbonyl (C=O) groups excluding carboxylic acids is 2. The third-order valence-corrected chi connectivity index (χ3v) is 3.39. The highest BCUT2D eigenvalue weighted by atomic mass is 16.6. The fraction of sp³-hybridized carbons (Fsp3) is 0.200. The number of anilines is 2. The van der Waals surface area contributed by atoms with Gasteiger partial charge in [0.15, 0.2) is 0 Å². The van der Waals surface area contributed by atoms with E-state index < -0.39 is 11.8 Å². The Bertz CT molecular complexity index is 1020. The van der Waals surface area contributed by atoms with Crippen LogP contribution in [0.2, 0.25) is 0 Å². The van der Waals surface area contributed by atoms with Crippen LogP contribution >= 0.6 is 0 Å². The number of carbonyl (C=O) groups is 2. The predicted molar refractivity (Wildman–Crippen MR) is 88.0 cm³/mol. The van der Waals surface area contributed by atoms with Crippen molar-refractivity contribution in [2.45, 2.75) is 20.4 Å². The van der Waals surface area contributed by atoms with E-state index in [1.165, 1.54) is 6.92 Å². The maximum absolute atomic E-state index is 12.4. The van der Waals surface area contributed by atoms with Gasteiger partial charge in [-0.05, 0) is 23.3 Å². The summed E-state index contributed by atoms with van der Waals surface area (Å²) in [5.74, 6) is -1.03. The minimum atomic E-state index is -0.563. The topological polar surface area (TPSA) is 132 Å². The lowest BCUT2D eigenvalue weighted by molar-refractivity contribution is -0.117. The zero-order valence-electron chi connectivity index (χ0n) is 13.4. The van der Waals surface area contributed by atoms with Gasteiger partial charge in [-0.3, -0.25) is 14.4 Å². The molecule has 0 spiro atoms. The van der Waals surface area contributed by atoms with Crippen LogP contribution in [0, 0.1) is 6.92 Å². The van der Waals surface area contributed by atoms with E-state index in [-0.39, 0.29) is 23.7 Å². The second-order valence-corrected chi connectivity index (χ2v) is 5.28. The van der Waals surface area contributed by atoms with Gasteiger partial charge in [-0.15, -0.1) is 0 Å². The first kappa shape index (κ1) is 16.3. The molecule has 0 bridgehead atoms. The Morgan fingerprint density at radius 1 is 1.12 bits per heavy atom. The molecule has 0 atom stereocenters. The van der Waals surface area contributed by atoms with Crippen molar-refractivity contribution in [3.63, 3.8) is 0 Å². The monoisotopic (exact) mass is 342 g/mol. The molecule has 0 saturated carbocycles. The number of hydrogen-bond donors (Lipinski definition) is 2. The van der Waals surface area contributed by atoms with Crippen molar-refractivity contribution < 1.29 is 14.2 Å². The smallest absolute Gasteiger partial charge is 0.275 e. The number of fused-ring (bicyclic) bond motifs is 1. The molecule has 0 saturated heterocycles. The average Bonchev–Trinajstić information content (AvgIpc) is 2.98. The van der Waals surface area contributed by atoms with Crippen LogP contribution in [0.5, 0.6) is 0 Å². The summed E-state index contributed by atoms with van der Waals surface area (Å²) >= 11 is 0. The third-order valence-electron chi connectivity index (χ3n) is 3.39. The Balaban J connectivity index is 1.83. The van der Waals surface area contributed by atoms with Crippen LogP contribution in [0.1, 0.15) is 12.6 Å². The number of rotatable bonds is 4. The summed E-state index contributed by atoms with van der Waals surface area (Å²) in [7, 11) is 0. The second kappa shape index (κ2) is 6.51. The molecule has 2 amide bonds. The molecule has 0 aliphatic rings. The molecule has 0 unspecified atom stereocenters. The van der Waals surface area contributed by atoms with Gasteiger partial charge in [-0.2, -0.15) is 5.10 Å². The Morgan fingerprint density at radius 2 is 1.76 bits per heavy atom. The lowest BCUT2D eigenvalue weighted by Crippen LogP contribution is -2.30. The highest BCUT2D eigenvalue weighted by Gasteiger charge is 2.16. The summed E-state index contributed by atoms with van der Waals surface area (Å²) in [4.78, 5) is 35.7. The third kappa shape index (κ3) is 3.37. The molecule has 0 radical (unpaired) electrons. The molecule has 0 aliphatic carbocycles. The first-order valence-corrected chi connectivity index (χ1v) is 7.32. The van der Waals surface area contributed by atoms with Gasteiger partial charge < -0.3 is 10.6 Å². The maximum atomic E-state index is 12.4. The molecule has 0 aliphatic heterocycles. The predicted octanol–water partition coefficient (Wildman–Crippen LogP) is 0.685. The zero-order valence-corrected chi connectivity index (χ0v) is 13.4. The Morgan fingerprint density at radius 3 is 2.44 bits per heavy atom. The van der Waals surface area contributed by atoms with Crippen molar-refractivity contribution in [2.24, 2.45) is 0 Å². The van der Waals surface area contributed by atoms with Crippen LogP contribution in [-0.4, -0.2) is 31.9 Å². The van der Waals surface area contributed by atoms with E-state index in [0.29, 0.717) is 11.1 Å². The van der Waals surface area contributed by atoms with Crippen LogP contribution in [-0.2, 0) is 16.1 Å². The summed E-state index contributed by atoms with van der Waals surface area (Å²) < 4.78 is 5.55. The van der Waals surface area contributed by atoms with E-state index in [1.807, 2.05) is 6.07 Å². The normalized spacial score (nSPS) is 10.6. The Labute approximate surface area is 140 Å². The standard InChI is InChI=1S/C15H14N6O4/c1-8-10-5-3-4-6-11(10)15(24)21(18-8)7-12(23)17-14-13(16-9(2)22)19-25-20-14/h3-6H,7H2,1-2H3,(H,16,19,22)(H,17,20,23). The molecule has 2 N–H and O–H groups in total. The van der Waals surface area contributed by atoms with E-state index in [9.17, 15) is 14.4 Å². The minimum Gasteiger partial charge on any atom is -0.305 e. The molecular formula is C15H14N6O4. The summed E-state index contributed by atoms with van der Waals surface area (Å²) in [6, 6.07) is 7.03. The highest BCUT2D eigenvalue weighted by Crippen LogP contribution is 2.15. The van der Waals surface area contributed by atoms with Crippen molar-refractivity contribution in [3.05, 3.63) is 40.3 Å². The molecular weight excluding hydrogens is 328 g/mol. The molecule has 10 nitrogen and oxygen atoms in total. The number of aryl methyl sites for hydroxylation is 1. The van der Waals surface area contributed by atoms with Crippen LogP contribution in [0.15, 0.2) is 33.7 Å². The van der Waals surface area contributed by atoms with Crippen molar-refractivity contribution >= 4 is 34.2 Å². The van der Waals surface area contributed by atoms with Crippen LogP contribution in [0.4, 0.5) is 11.6 Å². The summed E-state index contributed by atoms with van der Waals surface area (Å²) in [5.41, 5.74) is 0.252. The molecule has 1 aromatic carbocycles. The lowest BCUT2D eigenvalue weighted by Gasteiger charge is -2.08. The van der Waals surface area contributed by atoms with Gasteiger partial charge in [0, 0.05) is 12.3 Å². The Hall–Kier alpha value is -3.56. The maximum Gasteiger partial charge on any atom is 0.275 e. The molecule has 2 aromatic heterocycles. The Kier molecular flexibility index (Phi) is 4.25. The van der Waals surface area contributed by atoms with Gasteiger partial charge in [0.2, 0.25) is 23.5 Å². The van der Waals surface area contributed by atoms with Gasteiger partial charge in [0.1, 0.15) is 6.54 Å². The number of nitrogens with one attached hydrogen (secondary N) is 2. The minimum absolute atomic E-state index is 0.0177. The zero-order chi connectivity index (χ0) is 18.0. The SMILES string of the molecule is CC(=O)Nc1nonc1NC(=O)Cn1nc(C)c2ccccc2c1=O. The largest absolute Gasteiger partial charge is 0.305 e.